The topological polar surface area (TPSA) is 192 Å². The highest BCUT2D eigenvalue weighted by atomic mass is 79.9. The number of aromatic hydroxyl groups is 1. The van der Waals surface area contributed by atoms with Gasteiger partial charge in [-0.25, -0.2) is 19.2 Å². The summed E-state index contributed by atoms with van der Waals surface area (Å²) in [5.74, 6) is -5.60. The summed E-state index contributed by atoms with van der Waals surface area (Å²) >= 11 is 3.19. The number of rotatable bonds is 9. The van der Waals surface area contributed by atoms with Crippen LogP contribution < -0.4 is 18.9 Å². The molecule has 53 heavy (non-hydrogen) atoms. The Balaban J connectivity index is 1.69. The minimum Gasteiger partial charge on any atom is -0.506 e. The van der Waals surface area contributed by atoms with E-state index in [1.165, 1.54) is 41.1 Å². The number of carbonyl (C=O) groups excluding carboxylic acids is 4. The number of aryl methyl sites for hydroxylation is 1. The molecule has 0 heterocycles. The molecule has 3 aromatic carbocycles. The molecule has 0 saturated carbocycles. The highest BCUT2D eigenvalue weighted by molar-refractivity contribution is 9.10. The number of aliphatic hydroxyl groups is 1. The minimum absolute atomic E-state index is 0.0287. The smallest absolute Gasteiger partial charge is 0.356 e. The van der Waals surface area contributed by atoms with Crippen molar-refractivity contribution in [3.63, 3.8) is 0 Å². The molecule has 0 aliphatic heterocycles. The first-order valence-electron chi connectivity index (χ1n) is 16.1. The van der Waals surface area contributed by atoms with Crippen LogP contribution in [0.3, 0.4) is 0 Å². The third-order valence-corrected chi connectivity index (χ3v) is 10.4. The van der Waals surface area contributed by atoms with E-state index >= 15 is 0 Å². The van der Waals surface area contributed by atoms with Crippen LogP contribution in [0.1, 0.15) is 82.5 Å². The van der Waals surface area contributed by atoms with Crippen LogP contribution in [-0.2, 0) is 14.3 Å². The summed E-state index contributed by atoms with van der Waals surface area (Å²) in [4.78, 5) is 64.6. The average molecular weight is 796 g/mol. The number of carbonyl (C=O) groups is 5. The van der Waals surface area contributed by atoms with E-state index in [4.69, 9.17) is 23.7 Å². The predicted molar refractivity (Wildman–Crippen MR) is 194 cm³/mol. The van der Waals surface area contributed by atoms with Gasteiger partial charge in [-0.3, -0.25) is 4.79 Å². The fourth-order valence-electron chi connectivity index (χ4n) is 6.33. The summed E-state index contributed by atoms with van der Waals surface area (Å²) in [5, 5.41) is 32.2. The molecule has 4 rings (SSSR count). The van der Waals surface area contributed by atoms with Crippen LogP contribution in [0.25, 0.3) is 0 Å². The number of allylic oxidation sites excluding steroid dienone is 2. The maximum Gasteiger partial charge on any atom is 0.356 e. The normalized spacial score (nSPS) is 15.3. The summed E-state index contributed by atoms with van der Waals surface area (Å²) in [6.07, 6.45) is 2.02. The maximum atomic E-state index is 13.7. The van der Waals surface area contributed by atoms with Crippen molar-refractivity contribution in [2.45, 2.75) is 67.9 Å². The molecular formula is C39H39BrO13. The summed E-state index contributed by atoms with van der Waals surface area (Å²) < 4.78 is 27.6. The van der Waals surface area contributed by atoms with Crippen LogP contribution in [0.5, 0.6) is 28.7 Å². The number of halogens is 1. The number of carboxylic acids is 1. The molecule has 0 bridgehead atoms. The Bertz CT molecular complexity index is 2150. The Labute approximate surface area is 313 Å². The zero-order chi connectivity index (χ0) is 40.0. The fourth-order valence-corrected chi connectivity index (χ4v) is 6.91. The Morgan fingerprint density at radius 3 is 1.72 bits per heavy atom. The van der Waals surface area contributed by atoms with Crippen molar-refractivity contribution in [2.24, 2.45) is 0 Å². The van der Waals surface area contributed by atoms with E-state index in [9.17, 15) is 39.3 Å². The zero-order valence-corrected chi connectivity index (χ0v) is 32.6. The second kappa shape index (κ2) is 14.9. The van der Waals surface area contributed by atoms with E-state index in [0.717, 1.165) is 12.2 Å². The molecule has 0 saturated heterocycles. The molecule has 280 valence electrons. The molecule has 0 spiro atoms. The van der Waals surface area contributed by atoms with E-state index in [-0.39, 0.29) is 72.2 Å². The van der Waals surface area contributed by atoms with Crippen LogP contribution in [0.15, 0.2) is 34.0 Å². The van der Waals surface area contributed by atoms with Crippen molar-refractivity contribution in [3.05, 3.63) is 95.2 Å². The van der Waals surface area contributed by atoms with Crippen molar-refractivity contribution in [3.8, 4) is 28.7 Å². The van der Waals surface area contributed by atoms with Crippen LogP contribution in [0, 0.1) is 55.4 Å². The number of hydrogen-bond acceptors (Lipinski definition) is 12. The molecular weight excluding hydrogens is 756 g/mol. The number of hydrogen-bond donors (Lipinski definition) is 3. The van der Waals surface area contributed by atoms with E-state index in [0.29, 0.717) is 27.8 Å². The van der Waals surface area contributed by atoms with Crippen molar-refractivity contribution in [1.82, 2.24) is 0 Å². The summed E-state index contributed by atoms with van der Waals surface area (Å²) in [7, 11) is 2.50. The van der Waals surface area contributed by atoms with Crippen molar-refractivity contribution >= 4 is 45.6 Å². The SMILES string of the molecule is COC1=CC(=O)C=C(C)[C@]1(O)C(=O)Oc1c(C)c(C)c(C(=O)Oc2cc(C)c(C(=O)Oc3c(C)c(C)c(C(=O)O)c(C)c3C)c(C)c2OC)c(O)c1Br. The first-order chi connectivity index (χ1) is 24.6. The zero-order valence-electron chi connectivity index (χ0n) is 31.0. The summed E-state index contributed by atoms with van der Waals surface area (Å²) in [6, 6.07) is 1.40. The third-order valence-electron chi connectivity index (χ3n) is 9.65. The molecule has 13 nitrogen and oxygen atoms in total. The van der Waals surface area contributed by atoms with Gasteiger partial charge in [0.2, 0.25) is 5.60 Å². The fraction of sp³-hybridized carbons (Fsp3) is 0.308. The molecule has 0 aromatic heterocycles. The van der Waals surface area contributed by atoms with Gasteiger partial charge in [0.15, 0.2) is 23.0 Å². The van der Waals surface area contributed by atoms with Gasteiger partial charge >= 0.3 is 23.9 Å². The number of aromatic carboxylic acids is 1. The largest absolute Gasteiger partial charge is 0.506 e. The number of phenolic OH excluding ortho intramolecular Hbond substituents is 1. The Morgan fingerprint density at radius 2 is 1.19 bits per heavy atom. The molecule has 1 atom stereocenters. The van der Waals surface area contributed by atoms with Crippen molar-refractivity contribution in [1.29, 1.82) is 0 Å². The molecule has 3 aromatic rings. The number of phenols is 1. The number of carboxylic acid groups (broad SMARTS) is 1. The molecule has 0 unspecified atom stereocenters. The van der Waals surface area contributed by atoms with E-state index in [1.54, 1.807) is 41.5 Å². The molecule has 14 heteroatoms. The molecule has 0 radical (unpaired) electrons. The van der Waals surface area contributed by atoms with Crippen LogP contribution in [0.2, 0.25) is 0 Å². The lowest BCUT2D eigenvalue weighted by molar-refractivity contribution is -0.151. The van der Waals surface area contributed by atoms with Crippen molar-refractivity contribution < 1.29 is 63.0 Å². The molecule has 0 fully saturated rings. The van der Waals surface area contributed by atoms with Gasteiger partial charge in [-0.05, 0) is 135 Å². The lowest BCUT2D eigenvalue weighted by atomic mass is 9.87. The van der Waals surface area contributed by atoms with Gasteiger partial charge in [0.05, 0.1) is 25.3 Å². The average Bonchev–Trinajstić information content (AvgIpc) is 3.08. The van der Waals surface area contributed by atoms with Gasteiger partial charge < -0.3 is 39.0 Å². The number of esters is 3. The number of benzene rings is 3. The summed E-state index contributed by atoms with van der Waals surface area (Å²) in [5.41, 5.74) is 0.433. The van der Waals surface area contributed by atoms with Gasteiger partial charge in [0.1, 0.15) is 27.3 Å². The molecule has 1 aliphatic rings. The van der Waals surface area contributed by atoms with Gasteiger partial charge in [-0.2, -0.15) is 0 Å². The number of ketones is 1. The second-order valence-electron chi connectivity index (χ2n) is 12.7. The molecule has 1 aliphatic carbocycles. The van der Waals surface area contributed by atoms with E-state index in [2.05, 4.69) is 15.9 Å². The third kappa shape index (κ3) is 6.79. The predicted octanol–water partition coefficient (Wildman–Crippen LogP) is 6.46. The second-order valence-corrected chi connectivity index (χ2v) is 13.5. The lowest BCUT2D eigenvalue weighted by Crippen LogP contribution is -2.47. The Kier molecular flexibility index (Phi) is 11.3. The highest BCUT2D eigenvalue weighted by Gasteiger charge is 2.48. The summed E-state index contributed by atoms with van der Waals surface area (Å²) in [6.45, 7) is 14.2. The Morgan fingerprint density at radius 1 is 0.660 bits per heavy atom. The first kappa shape index (κ1) is 40.3. The van der Waals surface area contributed by atoms with Crippen molar-refractivity contribution in [2.75, 3.05) is 14.2 Å². The van der Waals surface area contributed by atoms with Gasteiger partial charge in [0, 0.05) is 11.6 Å². The van der Waals surface area contributed by atoms with E-state index in [1.807, 2.05) is 0 Å². The monoisotopic (exact) mass is 794 g/mol. The first-order valence-corrected chi connectivity index (χ1v) is 16.9. The van der Waals surface area contributed by atoms with Crippen LogP contribution >= 0.6 is 15.9 Å². The number of methoxy groups -OCH3 is 2. The highest BCUT2D eigenvalue weighted by Crippen LogP contribution is 2.45. The minimum atomic E-state index is -2.44. The van der Waals surface area contributed by atoms with Gasteiger partial charge in [-0.15, -0.1) is 0 Å². The maximum absolute atomic E-state index is 13.7. The van der Waals surface area contributed by atoms with Crippen LogP contribution in [-0.4, -0.2) is 64.8 Å². The quantitative estimate of drug-likeness (QED) is 0.158. The van der Waals surface area contributed by atoms with Crippen LogP contribution in [0.4, 0.5) is 0 Å². The van der Waals surface area contributed by atoms with E-state index < -0.39 is 41.0 Å². The lowest BCUT2D eigenvalue weighted by Gasteiger charge is -2.30. The standard InChI is InChI=1S/C39H39BrO13/c1-15-12-25(33(50-11)23(9)27(15)36(45)52-32-20(6)17(3)28(35(43)44)18(4)21(32)7)51-37(46)29-19(5)22(8)34(30(40)31(29)42)53-38(47)39(48)16(2)13-24(41)14-26(39)49-10/h12-14,42,48H,1-11H3,(H,43,44)/t39-/m1/s1. The van der Waals surface area contributed by atoms with Gasteiger partial charge in [0.25, 0.3) is 0 Å². The Hall–Kier alpha value is -5.47. The molecule has 3 N–H and O–H groups in total. The number of ether oxygens (including phenoxy) is 5. The van der Waals surface area contributed by atoms with Gasteiger partial charge in [-0.1, -0.05) is 0 Å². The molecule has 0 amide bonds.